The number of piperidine rings is 1. The first-order chi connectivity index (χ1) is 14.9. The van der Waals surface area contributed by atoms with Crippen molar-refractivity contribution in [3.05, 3.63) is 64.7 Å². The van der Waals surface area contributed by atoms with Crippen molar-refractivity contribution in [3.63, 3.8) is 0 Å². The maximum atomic E-state index is 13.3. The number of nitrogens with one attached hydrogen (secondary N) is 1. The van der Waals surface area contributed by atoms with Crippen LogP contribution in [0.15, 0.2) is 47.4 Å². The van der Waals surface area contributed by atoms with E-state index in [-0.39, 0.29) is 11.9 Å². The van der Waals surface area contributed by atoms with Crippen LogP contribution >= 0.6 is 11.8 Å². The van der Waals surface area contributed by atoms with Crippen molar-refractivity contribution >= 4 is 23.7 Å². The van der Waals surface area contributed by atoms with E-state index >= 15 is 0 Å². The van der Waals surface area contributed by atoms with Crippen LogP contribution in [0.3, 0.4) is 0 Å². The number of primary amides is 1. The zero-order valence-corrected chi connectivity index (χ0v) is 18.7. The molecule has 1 unspecified atom stereocenters. The van der Waals surface area contributed by atoms with Crippen LogP contribution < -0.4 is 11.1 Å². The molecule has 0 saturated carbocycles. The van der Waals surface area contributed by atoms with Gasteiger partial charge in [0, 0.05) is 24.0 Å². The van der Waals surface area contributed by atoms with Crippen LogP contribution in [0.2, 0.25) is 0 Å². The normalized spacial score (nSPS) is 15.2. The van der Waals surface area contributed by atoms with Gasteiger partial charge >= 0.3 is 6.03 Å². The van der Waals surface area contributed by atoms with Gasteiger partial charge in [0.05, 0.1) is 17.2 Å². The highest BCUT2D eigenvalue weighted by Gasteiger charge is 2.26. The lowest BCUT2D eigenvalue weighted by atomic mass is 9.89. The standard InChI is InChI=1S/C24H28N4O2S/c1-16(27-24(26)30)13-18-5-8-22(31-2)21(14-18)23(29)28-11-9-20(10-12-28)19-6-3-17(15-25)4-7-19/h3-8,14,16,20H,9-13H2,1-2H3,(H3,26,27,30). The van der Waals surface area contributed by atoms with Crippen LogP contribution in [0.4, 0.5) is 4.79 Å². The van der Waals surface area contributed by atoms with E-state index in [9.17, 15) is 9.59 Å². The number of nitrogens with zero attached hydrogens (tertiary/aromatic N) is 2. The zero-order valence-electron chi connectivity index (χ0n) is 17.9. The number of carbonyl (C=O) groups is 2. The van der Waals surface area contributed by atoms with Crippen LogP contribution in [0.5, 0.6) is 0 Å². The van der Waals surface area contributed by atoms with Crippen LogP contribution in [-0.4, -0.2) is 42.2 Å². The summed E-state index contributed by atoms with van der Waals surface area (Å²) in [4.78, 5) is 27.3. The summed E-state index contributed by atoms with van der Waals surface area (Å²) in [6.07, 6.45) is 4.40. The smallest absolute Gasteiger partial charge is 0.312 e. The van der Waals surface area contributed by atoms with Gasteiger partial charge in [-0.05, 0) is 73.8 Å². The Morgan fingerprint density at radius 1 is 1.23 bits per heavy atom. The molecule has 2 aromatic rings. The zero-order chi connectivity index (χ0) is 22.4. The molecule has 0 aliphatic carbocycles. The summed E-state index contributed by atoms with van der Waals surface area (Å²) >= 11 is 1.56. The lowest BCUT2D eigenvalue weighted by Gasteiger charge is -2.33. The Morgan fingerprint density at radius 2 is 1.90 bits per heavy atom. The van der Waals surface area contributed by atoms with Crippen LogP contribution in [0, 0.1) is 11.3 Å². The molecule has 1 saturated heterocycles. The van der Waals surface area contributed by atoms with E-state index in [0.29, 0.717) is 36.6 Å². The second-order valence-corrected chi connectivity index (χ2v) is 8.80. The first-order valence-corrected chi connectivity index (χ1v) is 11.7. The molecule has 3 amide bonds. The summed E-state index contributed by atoms with van der Waals surface area (Å²) in [7, 11) is 0. The molecule has 31 heavy (non-hydrogen) atoms. The molecule has 7 heteroatoms. The Kier molecular flexibility index (Phi) is 7.59. The first-order valence-electron chi connectivity index (χ1n) is 10.4. The molecule has 0 spiro atoms. The minimum atomic E-state index is -0.547. The summed E-state index contributed by atoms with van der Waals surface area (Å²) in [6, 6.07) is 15.2. The minimum absolute atomic E-state index is 0.0555. The number of benzene rings is 2. The molecule has 3 rings (SSSR count). The molecule has 0 radical (unpaired) electrons. The average molecular weight is 437 g/mol. The predicted molar refractivity (Wildman–Crippen MR) is 123 cm³/mol. The summed E-state index contributed by atoms with van der Waals surface area (Å²) in [5.74, 6) is 0.462. The summed E-state index contributed by atoms with van der Waals surface area (Å²) < 4.78 is 0. The van der Waals surface area contributed by atoms with Gasteiger partial charge in [-0.2, -0.15) is 5.26 Å². The maximum Gasteiger partial charge on any atom is 0.312 e. The highest BCUT2D eigenvalue weighted by Crippen LogP contribution is 2.30. The number of amides is 3. The van der Waals surface area contributed by atoms with Gasteiger partial charge in [-0.15, -0.1) is 11.8 Å². The summed E-state index contributed by atoms with van der Waals surface area (Å²) in [5, 5.41) is 11.7. The predicted octanol–water partition coefficient (Wildman–Crippen LogP) is 3.90. The van der Waals surface area contributed by atoms with E-state index in [1.54, 1.807) is 11.8 Å². The number of urea groups is 1. The third kappa shape index (κ3) is 5.80. The lowest BCUT2D eigenvalue weighted by molar-refractivity contribution is 0.0709. The first kappa shape index (κ1) is 22.7. The lowest BCUT2D eigenvalue weighted by Crippen LogP contribution is -2.38. The molecular weight excluding hydrogens is 408 g/mol. The SMILES string of the molecule is CSc1ccc(CC(C)NC(N)=O)cc1C(=O)N1CCC(c2ccc(C#N)cc2)CC1. The van der Waals surface area contributed by atoms with Gasteiger partial charge in [0.15, 0.2) is 0 Å². The number of nitrogens with two attached hydrogens (primary N) is 1. The van der Waals surface area contributed by atoms with Gasteiger partial charge in [-0.3, -0.25) is 4.79 Å². The van der Waals surface area contributed by atoms with E-state index in [4.69, 9.17) is 11.0 Å². The van der Waals surface area contributed by atoms with Crippen LogP contribution in [-0.2, 0) is 6.42 Å². The Morgan fingerprint density at radius 3 is 2.48 bits per heavy atom. The van der Waals surface area contributed by atoms with E-state index < -0.39 is 6.03 Å². The summed E-state index contributed by atoms with van der Waals surface area (Å²) in [6.45, 7) is 3.31. The van der Waals surface area contributed by atoms with Crippen LogP contribution in [0.25, 0.3) is 0 Å². The topological polar surface area (TPSA) is 99.2 Å². The fourth-order valence-electron chi connectivity index (χ4n) is 4.11. The number of hydrogen-bond donors (Lipinski definition) is 2. The third-order valence-electron chi connectivity index (χ3n) is 5.72. The number of nitriles is 1. The second kappa shape index (κ2) is 10.4. The van der Waals surface area contributed by atoms with Crippen molar-refractivity contribution in [3.8, 4) is 6.07 Å². The number of thioether (sulfide) groups is 1. The van der Waals surface area contributed by atoms with Crippen molar-refractivity contribution < 1.29 is 9.59 Å². The van der Waals surface area contributed by atoms with Gasteiger partial charge in [0.2, 0.25) is 0 Å². The fourth-order valence-corrected chi connectivity index (χ4v) is 4.68. The average Bonchev–Trinajstić information content (AvgIpc) is 2.78. The van der Waals surface area contributed by atoms with Gasteiger partial charge < -0.3 is 16.0 Å². The Hall–Kier alpha value is -2.98. The van der Waals surface area contributed by atoms with E-state index in [1.807, 2.05) is 60.5 Å². The van der Waals surface area contributed by atoms with E-state index in [0.717, 1.165) is 23.3 Å². The highest BCUT2D eigenvalue weighted by molar-refractivity contribution is 7.98. The molecule has 1 aliphatic heterocycles. The molecule has 1 atom stereocenters. The molecule has 162 valence electrons. The second-order valence-electron chi connectivity index (χ2n) is 7.95. The quantitative estimate of drug-likeness (QED) is 0.671. The molecule has 0 aromatic heterocycles. The minimum Gasteiger partial charge on any atom is -0.352 e. The molecule has 2 aromatic carbocycles. The molecule has 6 nitrogen and oxygen atoms in total. The highest BCUT2D eigenvalue weighted by atomic mass is 32.2. The maximum absolute atomic E-state index is 13.3. The molecule has 1 fully saturated rings. The fraction of sp³-hybridized carbons (Fsp3) is 0.375. The van der Waals surface area contributed by atoms with Crippen molar-refractivity contribution in [2.24, 2.45) is 5.73 Å². The number of rotatable bonds is 6. The number of likely N-dealkylation sites (tertiary alicyclic amines) is 1. The van der Waals surface area contributed by atoms with Crippen molar-refractivity contribution in [1.29, 1.82) is 5.26 Å². The van der Waals surface area contributed by atoms with Gasteiger partial charge in [0.25, 0.3) is 5.91 Å². The molecule has 1 aliphatic rings. The Bertz CT molecular complexity index is 976. The van der Waals surface area contributed by atoms with Gasteiger partial charge in [-0.1, -0.05) is 18.2 Å². The van der Waals surface area contributed by atoms with Crippen molar-refractivity contribution in [1.82, 2.24) is 10.2 Å². The number of carbonyl (C=O) groups excluding carboxylic acids is 2. The largest absolute Gasteiger partial charge is 0.352 e. The van der Waals surface area contributed by atoms with Crippen molar-refractivity contribution in [2.45, 2.75) is 43.0 Å². The van der Waals surface area contributed by atoms with E-state index in [2.05, 4.69) is 11.4 Å². The van der Waals surface area contributed by atoms with Crippen molar-refractivity contribution in [2.75, 3.05) is 19.3 Å². The third-order valence-corrected chi connectivity index (χ3v) is 6.51. The molecule has 3 N–H and O–H groups in total. The van der Waals surface area contributed by atoms with Gasteiger partial charge in [0.1, 0.15) is 0 Å². The van der Waals surface area contributed by atoms with Crippen LogP contribution in [0.1, 0.15) is 52.7 Å². The molecule has 1 heterocycles. The van der Waals surface area contributed by atoms with E-state index in [1.165, 1.54) is 5.56 Å². The summed E-state index contributed by atoms with van der Waals surface area (Å²) in [5.41, 5.74) is 8.82. The Labute approximate surface area is 187 Å². The Balaban J connectivity index is 1.68. The molecule has 0 bridgehead atoms. The monoisotopic (exact) mass is 436 g/mol. The number of hydrogen-bond acceptors (Lipinski definition) is 4. The molecular formula is C24H28N4O2S. The van der Waals surface area contributed by atoms with Gasteiger partial charge in [-0.25, -0.2) is 4.79 Å².